The summed E-state index contributed by atoms with van der Waals surface area (Å²) < 4.78 is 0. The summed E-state index contributed by atoms with van der Waals surface area (Å²) in [6, 6.07) is 10.4. The van der Waals surface area contributed by atoms with Gasteiger partial charge in [-0.25, -0.2) is 0 Å². The van der Waals surface area contributed by atoms with E-state index in [4.69, 9.17) is 0 Å². The Morgan fingerprint density at radius 3 is 3.00 bits per heavy atom. The molecule has 0 bridgehead atoms. The molecule has 86 valence electrons. The van der Waals surface area contributed by atoms with Crippen LogP contribution in [0.3, 0.4) is 0 Å². The largest absolute Gasteiger partial charge is 0.299 e. The molecule has 0 aliphatic heterocycles. The highest BCUT2D eigenvalue weighted by Gasteiger charge is 2.27. The predicted octanol–water partition coefficient (Wildman–Crippen LogP) is 3.59. The highest BCUT2D eigenvalue weighted by molar-refractivity contribution is 7.08. The van der Waals surface area contributed by atoms with E-state index in [0.29, 0.717) is 12.2 Å². The Morgan fingerprint density at radius 2 is 2.18 bits per heavy atom. The third kappa shape index (κ3) is 2.05. The number of fused-ring (bicyclic) bond motifs is 1. The van der Waals surface area contributed by atoms with E-state index in [9.17, 15) is 4.79 Å². The Labute approximate surface area is 105 Å². The fourth-order valence-electron chi connectivity index (χ4n) is 2.61. The second-order valence-corrected chi connectivity index (χ2v) is 5.34. The molecule has 1 aliphatic rings. The molecule has 1 unspecified atom stereocenters. The number of carbonyl (C=O) groups is 1. The SMILES string of the molecule is O=C(Cc1ccsc1)C1CCc2ccccc21. The van der Waals surface area contributed by atoms with Crippen LogP contribution in [0.4, 0.5) is 0 Å². The topological polar surface area (TPSA) is 17.1 Å². The van der Waals surface area contributed by atoms with Crippen molar-refractivity contribution in [1.29, 1.82) is 0 Å². The van der Waals surface area contributed by atoms with Gasteiger partial charge in [0, 0.05) is 12.3 Å². The van der Waals surface area contributed by atoms with Gasteiger partial charge in [0.15, 0.2) is 0 Å². The van der Waals surface area contributed by atoms with Crippen molar-refractivity contribution >= 4 is 17.1 Å². The zero-order valence-electron chi connectivity index (χ0n) is 9.56. The Morgan fingerprint density at radius 1 is 1.29 bits per heavy atom. The first-order valence-corrected chi connectivity index (χ1v) is 6.90. The van der Waals surface area contributed by atoms with E-state index < -0.39 is 0 Å². The molecule has 0 saturated carbocycles. The van der Waals surface area contributed by atoms with Gasteiger partial charge in [-0.2, -0.15) is 11.3 Å². The van der Waals surface area contributed by atoms with Crippen LogP contribution in [0.15, 0.2) is 41.1 Å². The van der Waals surface area contributed by atoms with Gasteiger partial charge in [0.2, 0.25) is 0 Å². The number of hydrogen-bond acceptors (Lipinski definition) is 2. The highest BCUT2D eigenvalue weighted by atomic mass is 32.1. The molecular weight excluding hydrogens is 228 g/mol. The van der Waals surface area contributed by atoms with Crippen LogP contribution in [0.1, 0.15) is 29.0 Å². The Balaban J connectivity index is 1.80. The van der Waals surface area contributed by atoms with Crippen LogP contribution in [0.25, 0.3) is 0 Å². The summed E-state index contributed by atoms with van der Waals surface area (Å²) in [5.41, 5.74) is 3.77. The van der Waals surface area contributed by atoms with Gasteiger partial charge in [0.25, 0.3) is 0 Å². The average molecular weight is 242 g/mol. The molecule has 0 amide bonds. The number of rotatable bonds is 3. The molecule has 0 radical (unpaired) electrons. The number of aryl methyl sites for hydroxylation is 1. The summed E-state index contributed by atoms with van der Waals surface area (Å²) in [6.45, 7) is 0. The molecule has 0 saturated heterocycles. The summed E-state index contributed by atoms with van der Waals surface area (Å²) in [6.07, 6.45) is 2.63. The van der Waals surface area contributed by atoms with Crippen LogP contribution in [-0.2, 0) is 17.6 Å². The third-order valence-corrected chi connectivity index (χ3v) is 4.21. The molecule has 0 N–H and O–H groups in total. The van der Waals surface area contributed by atoms with E-state index in [-0.39, 0.29) is 5.92 Å². The van der Waals surface area contributed by atoms with Gasteiger partial charge in [0.1, 0.15) is 5.78 Å². The number of ketones is 1. The van der Waals surface area contributed by atoms with Gasteiger partial charge >= 0.3 is 0 Å². The summed E-state index contributed by atoms with van der Waals surface area (Å²) in [7, 11) is 0. The van der Waals surface area contributed by atoms with Crippen LogP contribution in [0, 0.1) is 0 Å². The molecule has 1 aliphatic carbocycles. The minimum absolute atomic E-state index is 0.131. The second kappa shape index (κ2) is 4.46. The average Bonchev–Trinajstić information content (AvgIpc) is 2.96. The maximum absolute atomic E-state index is 12.3. The molecular formula is C15H14OS. The van der Waals surface area contributed by atoms with Crippen molar-refractivity contribution in [1.82, 2.24) is 0 Å². The lowest BCUT2D eigenvalue weighted by Crippen LogP contribution is -2.12. The van der Waals surface area contributed by atoms with Crippen molar-refractivity contribution in [2.24, 2.45) is 0 Å². The molecule has 2 aromatic rings. The molecule has 1 aromatic carbocycles. The quantitative estimate of drug-likeness (QED) is 0.804. The Hall–Kier alpha value is -1.41. The second-order valence-electron chi connectivity index (χ2n) is 4.56. The number of Topliss-reactive ketones (excluding diaryl/α,β-unsaturated/α-hetero) is 1. The molecule has 0 spiro atoms. The van der Waals surface area contributed by atoms with Crippen LogP contribution in [0.5, 0.6) is 0 Å². The molecule has 1 heterocycles. The zero-order valence-corrected chi connectivity index (χ0v) is 10.4. The molecule has 0 fully saturated rings. The maximum Gasteiger partial charge on any atom is 0.144 e. The van der Waals surface area contributed by atoms with E-state index in [1.165, 1.54) is 11.1 Å². The highest BCUT2D eigenvalue weighted by Crippen LogP contribution is 2.34. The molecule has 1 nitrogen and oxygen atoms in total. The predicted molar refractivity (Wildman–Crippen MR) is 70.5 cm³/mol. The zero-order chi connectivity index (χ0) is 11.7. The fourth-order valence-corrected chi connectivity index (χ4v) is 3.28. The standard InChI is InChI=1S/C15H14OS/c16-15(9-11-7-8-17-10-11)14-6-5-12-3-1-2-4-13(12)14/h1-4,7-8,10,14H,5-6,9H2. The van der Waals surface area contributed by atoms with Gasteiger partial charge in [-0.3, -0.25) is 4.79 Å². The van der Waals surface area contributed by atoms with Gasteiger partial charge in [-0.15, -0.1) is 0 Å². The molecule has 17 heavy (non-hydrogen) atoms. The van der Waals surface area contributed by atoms with E-state index in [1.54, 1.807) is 11.3 Å². The van der Waals surface area contributed by atoms with Crippen LogP contribution < -0.4 is 0 Å². The maximum atomic E-state index is 12.3. The lowest BCUT2D eigenvalue weighted by atomic mass is 9.93. The van der Waals surface area contributed by atoms with E-state index in [2.05, 4.69) is 23.6 Å². The number of thiophene rings is 1. The van der Waals surface area contributed by atoms with Crippen molar-refractivity contribution < 1.29 is 4.79 Å². The number of carbonyl (C=O) groups excluding carboxylic acids is 1. The lowest BCUT2D eigenvalue weighted by molar-refractivity contribution is -0.119. The normalized spacial score (nSPS) is 18.0. The summed E-state index contributed by atoms with van der Waals surface area (Å²) in [5, 5.41) is 4.10. The Kier molecular flexibility index (Phi) is 2.81. The minimum atomic E-state index is 0.131. The number of hydrogen-bond donors (Lipinski definition) is 0. The van der Waals surface area contributed by atoms with E-state index >= 15 is 0 Å². The summed E-state index contributed by atoms with van der Waals surface area (Å²) in [5.74, 6) is 0.499. The minimum Gasteiger partial charge on any atom is -0.299 e. The molecule has 1 aromatic heterocycles. The van der Waals surface area contributed by atoms with E-state index in [1.807, 2.05) is 17.5 Å². The van der Waals surface area contributed by atoms with Crippen molar-refractivity contribution in [2.45, 2.75) is 25.2 Å². The van der Waals surface area contributed by atoms with Crippen LogP contribution >= 0.6 is 11.3 Å². The van der Waals surface area contributed by atoms with Crippen LogP contribution in [-0.4, -0.2) is 5.78 Å². The van der Waals surface area contributed by atoms with Crippen molar-refractivity contribution in [3.8, 4) is 0 Å². The van der Waals surface area contributed by atoms with Crippen LogP contribution in [0.2, 0.25) is 0 Å². The Bertz CT molecular complexity index is 528. The van der Waals surface area contributed by atoms with E-state index in [0.717, 1.165) is 18.4 Å². The van der Waals surface area contributed by atoms with Gasteiger partial charge in [-0.1, -0.05) is 24.3 Å². The van der Waals surface area contributed by atoms with Crippen molar-refractivity contribution in [3.63, 3.8) is 0 Å². The first-order valence-electron chi connectivity index (χ1n) is 5.96. The third-order valence-electron chi connectivity index (χ3n) is 3.48. The molecule has 3 rings (SSSR count). The summed E-state index contributed by atoms with van der Waals surface area (Å²) in [4.78, 5) is 12.3. The van der Waals surface area contributed by atoms with Gasteiger partial charge < -0.3 is 0 Å². The molecule has 2 heteroatoms. The number of benzene rings is 1. The van der Waals surface area contributed by atoms with Crippen molar-refractivity contribution in [2.75, 3.05) is 0 Å². The molecule has 1 atom stereocenters. The smallest absolute Gasteiger partial charge is 0.144 e. The summed E-state index contributed by atoms with van der Waals surface area (Å²) >= 11 is 1.66. The monoisotopic (exact) mass is 242 g/mol. The first-order chi connectivity index (χ1) is 8.34. The lowest BCUT2D eigenvalue weighted by Gasteiger charge is -2.09. The fraction of sp³-hybridized carbons (Fsp3) is 0.267. The van der Waals surface area contributed by atoms with Gasteiger partial charge in [0.05, 0.1) is 0 Å². The van der Waals surface area contributed by atoms with Crippen molar-refractivity contribution in [3.05, 3.63) is 57.8 Å². The van der Waals surface area contributed by atoms with Gasteiger partial charge in [-0.05, 0) is 46.4 Å². The first kappa shape index (κ1) is 10.7.